The first-order valence-corrected chi connectivity index (χ1v) is 19.8. The fraction of sp³-hybridized carbons (Fsp3) is 0. The quantitative estimate of drug-likeness (QED) is 0.167. The van der Waals surface area contributed by atoms with Gasteiger partial charge in [0, 0.05) is 31.0 Å². The van der Waals surface area contributed by atoms with Gasteiger partial charge in [-0.3, -0.25) is 4.79 Å². The summed E-state index contributed by atoms with van der Waals surface area (Å²) in [6.45, 7) is 0. The smallest absolute Gasteiger partial charge is 0.200 e. The van der Waals surface area contributed by atoms with Gasteiger partial charge < -0.3 is 14.2 Å². The lowest BCUT2D eigenvalue weighted by Crippen LogP contribution is -2.14. The summed E-state index contributed by atoms with van der Waals surface area (Å²) in [4.78, 5) is 23.5. The van der Waals surface area contributed by atoms with Crippen LogP contribution in [0.4, 0.5) is 34.1 Å². The summed E-state index contributed by atoms with van der Waals surface area (Å²) in [5, 5.41) is 1.14. The molecule has 0 unspecified atom stereocenters. The van der Waals surface area contributed by atoms with Gasteiger partial charge in [0.2, 0.25) is 5.43 Å². The summed E-state index contributed by atoms with van der Waals surface area (Å²) in [5.74, 6) is 0. The molecule has 11 rings (SSSR count). The van der Waals surface area contributed by atoms with Crippen LogP contribution in [0.5, 0.6) is 0 Å². The van der Waals surface area contributed by atoms with Gasteiger partial charge in [-0.1, -0.05) is 108 Å². The summed E-state index contributed by atoms with van der Waals surface area (Å²) in [6.07, 6.45) is 0. The molecule has 0 N–H and O–H groups in total. The van der Waals surface area contributed by atoms with E-state index in [4.69, 9.17) is 4.42 Å². The minimum Gasteiger partial charge on any atom is -0.456 e. The lowest BCUT2D eigenvalue weighted by Gasteiger charge is -2.32. The van der Waals surface area contributed by atoms with Gasteiger partial charge in [0.25, 0.3) is 0 Å². The van der Waals surface area contributed by atoms with Crippen LogP contribution < -0.4 is 15.2 Å². The Morgan fingerprint density at radius 2 is 0.764 bits per heavy atom. The van der Waals surface area contributed by atoms with Crippen molar-refractivity contribution < 1.29 is 4.42 Å². The maximum atomic E-state index is 14.0. The highest BCUT2D eigenvalue weighted by Crippen LogP contribution is 2.52. The number of hydrogen-bond acceptors (Lipinski definition) is 6. The topological polar surface area (TPSA) is 36.7 Å². The molecule has 0 saturated heterocycles. The third kappa shape index (κ3) is 5.36. The van der Waals surface area contributed by atoms with Crippen molar-refractivity contribution in [3.63, 3.8) is 0 Å². The third-order valence-corrected chi connectivity index (χ3v) is 12.7. The minimum atomic E-state index is -0.0315. The average Bonchev–Trinajstić information content (AvgIpc) is 3.24. The van der Waals surface area contributed by atoms with Crippen molar-refractivity contribution in [1.82, 2.24) is 0 Å². The standard InChI is InChI=1S/C49H30N2O2S2/c52-49-37-27-21-34(32-19-25-36(26-20-32)51-41-11-3-7-15-47(41)55-48-16-8-4-12-42(48)51)30-44(37)53-43-28-22-33(29-38(43)49)31-17-23-35(24-18-31)50-39-9-1-5-13-45(39)54-46-14-6-2-10-40(46)50/h1-30H. The predicted molar refractivity (Wildman–Crippen MR) is 228 cm³/mol. The molecule has 0 saturated carbocycles. The lowest BCUT2D eigenvalue weighted by molar-refractivity contribution is 0.660. The molecule has 8 aromatic carbocycles. The van der Waals surface area contributed by atoms with Crippen LogP contribution in [0.3, 0.4) is 0 Å². The van der Waals surface area contributed by atoms with Crippen LogP contribution in [-0.2, 0) is 0 Å². The van der Waals surface area contributed by atoms with Gasteiger partial charge in [0.15, 0.2) is 0 Å². The minimum absolute atomic E-state index is 0.0315. The normalized spacial score (nSPS) is 12.9. The van der Waals surface area contributed by atoms with Crippen molar-refractivity contribution in [3.8, 4) is 22.3 Å². The molecule has 4 nitrogen and oxygen atoms in total. The molecule has 0 spiro atoms. The molecule has 9 aromatic rings. The summed E-state index contributed by atoms with van der Waals surface area (Å²) >= 11 is 3.61. The van der Waals surface area contributed by atoms with Crippen molar-refractivity contribution in [1.29, 1.82) is 0 Å². The van der Waals surface area contributed by atoms with Gasteiger partial charge in [0.1, 0.15) is 11.2 Å². The van der Waals surface area contributed by atoms with E-state index >= 15 is 0 Å². The summed E-state index contributed by atoms with van der Waals surface area (Å²) in [7, 11) is 0. The average molecular weight is 743 g/mol. The Hall–Kier alpha value is -6.47. The first-order valence-electron chi connectivity index (χ1n) is 18.2. The van der Waals surface area contributed by atoms with E-state index < -0.39 is 0 Å². The molecule has 0 radical (unpaired) electrons. The Labute approximate surface area is 326 Å². The molecule has 2 aliphatic heterocycles. The second-order valence-electron chi connectivity index (χ2n) is 13.7. The van der Waals surface area contributed by atoms with E-state index in [0.717, 1.165) is 33.6 Å². The van der Waals surface area contributed by atoms with Gasteiger partial charge in [-0.15, -0.1) is 0 Å². The highest BCUT2D eigenvalue weighted by Gasteiger charge is 2.26. The van der Waals surface area contributed by atoms with E-state index in [0.29, 0.717) is 21.9 Å². The van der Waals surface area contributed by atoms with Crippen LogP contribution in [0.25, 0.3) is 44.2 Å². The van der Waals surface area contributed by atoms with Crippen LogP contribution in [0, 0.1) is 0 Å². The number of hydrogen-bond donors (Lipinski definition) is 0. The zero-order valence-corrected chi connectivity index (χ0v) is 31.0. The number of fused-ring (bicyclic) bond motifs is 6. The molecule has 6 heteroatoms. The van der Waals surface area contributed by atoms with E-state index in [-0.39, 0.29) is 5.43 Å². The lowest BCUT2D eigenvalue weighted by atomic mass is 10.0. The second-order valence-corrected chi connectivity index (χ2v) is 15.9. The summed E-state index contributed by atoms with van der Waals surface area (Å²) < 4.78 is 6.42. The summed E-state index contributed by atoms with van der Waals surface area (Å²) in [6, 6.07) is 63.1. The maximum Gasteiger partial charge on any atom is 0.200 e. The van der Waals surface area contributed by atoms with Crippen molar-refractivity contribution in [3.05, 3.63) is 192 Å². The molecule has 0 bridgehead atoms. The van der Waals surface area contributed by atoms with E-state index in [1.807, 2.05) is 36.4 Å². The SMILES string of the molecule is O=c1c2ccc(-c3ccc(N4c5ccccc5Sc5ccccc54)cc3)cc2oc2ccc(-c3ccc(N4c5ccccc5Sc5ccccc54)cc3)cc12. The Kier molecular flexibility index (Phi) is 7.47. The number of nitrogens with zero attached hydrogens (tertiary/aromatic N) is 2. The van der Waals surface area contributed by atoms with Crippen molar-refractivity contribution >= 4 is 79.6 Å². The van der Waals surface area contributed by atoms with Crippen LogP contribution in [0.1, 0.15) is 0 Å². The first kappa shape index (κ1) is 32.0. The van der Waals surface area contributed by atoms with E-state index in [2.05, 4.69) is 155 Å². The fourth-order valence-corrected chi connectivity index (χ4v) is 9.90. The van der Waals surface area contributed by atoms with Crippen molar-refractivity contribution in [2.75, 3.05) is 9.80 Å². The van der Waals surface area contributed by atoms with Crippen LogP contribution in [0.2, 0.25) is 0 Å². The third-order valence-electron chi connectivity index (χ3n) is 10.5. The fourth-order valence-electron chi connectivity index (χ4n) is 7.78. The maximum absolute atomic E-state index is 14.0. The Morgan fingerprint density at radius 1 is 0.364 bits per heavy atom. The highest BCUT2D eigenvalue weighted by molar-refractivity contribution is 8.00. The largest absolute Gasteiger partial charge is 0.456 e. The van der Waals surface area contributed by atoms with Gasteiger partial charge >= 0.3 is 0 Å². The van der Waals surface area contributed by atoms with Gasteiger partial charge in [-0.25, -0.2) is 0 Å². The first-order chi connectivity index (χ1) is 27.2. The number of para-hydroxylation sites is 4. The monoisotopic (exact) mass is 742 g/mol. The number of anilines is 6. The zero-order valence-electron chi connectivity index (χ0n) is 29.3. The predicted octanol–water partition coefficient (Wildman–Crippen LogP) is 14.1. The van der Waals surface area contributed by atoms with Crippen LogP contribution in [-0.4, -0.2) is 0 Å². The van der Waals surface area contributed by atoms with Crippen LogP contribution in [0.15, 0.2) is 211 Å². The molecule has 3 heterocycles. The molecule has 0 atom stereocenters. The summed E-state index contributed by atoms with van der Waals surface area (Å²) in [5.41, 5.74) is 12.0. The molecule has 0 fully saturated rings. The van der Waals surface area contributed by atoms with Crippen LogP contribution >= 0.6 is 23.5 Å². The molecular weight excluding hydrogens is 713 g/mol. The molecule has 2 aliphatic rings. The van der Waals surface area contributed by atoms with E-state index in [9.17, 15) is 4.79 Å². The molecular formula is C49H30N2O2S2. The van der Waals surface area contributed by atoms with Gasteiger partial charge in [-0.2, -0.15) is 0 Å². The molecule has 55 heavy (non-hydrogen) atoms. The van der Waals surface area contributed by atoms with E-state index in [1.165, 1.54) is 42.3 Å². The Bertz CT molecular complexity index is 2940. The molecule has 0 amide bonds. The Balaban J connectivity index is 0.903. The number of rotatable bonds is 4. The Morgan fingerprint density at radius 3 is 1.24 bits per heavy atom. The number of benzene rings is 8. The van der Waals surface area contributed by atoms with Gasteiger partial charge in [0.05, 0.1) is 33.5 Å². The molecule has 0 aliphatic carbocycles. The van der Waals surface area contributed by atoms with Gasteiger partial charge in [-0.05, 0) is 119 Å². The highest BCUT2D eigenvalue weighted by atomic mass is 32.2. The second kappa shape index (κ2) is 12.8. The molecule has 1 aromatic heterocycles. The molecule has 260 valence electrons. The van der Waals surface area contributed by atoms with Crippen molar-refractivity contribution in [2.45, 2.75) is 19.6 Å². The zero-order chi connectivity index (χ0) is 36.5. The van der Waals surface area contributed by atoms with Crippen molar-refractivity contribution in [2.24, 2.45) is 0 Å². The van der Waals surface area contributed by atoms with E-state index in [1.54, 1.807) is 23.5 Å².